The van der Waals surface area contributed by atoms with Crippen LogP contribution in [0.4, 0.5) is 0 Å². The lowest BCUT2D eigenvalue weighted by Gasteiger charge is -2.03. The Balaban J connectivity index is 2.51. The Morgan fingerprint density at radius 3 is 2.89 bits per heavy atom. The van der Waals surface area contributed by atoms with E-state index in [1.807, 2.05) is 19.1 Å². The summed E-state index contributed by atoms with van der Waals surface area (Å²) < 4.78 is 25.8. The Labute approximate surface area is 113 Å². The van der Waals surface area contributed by atoms with Crippen molar-refractivity contribution >= 4 is 21.4 Å². The highest BCUT2D eigenvalue weighted by Gasteiger charge is 2.09. The molecule has 0 atom stereocenters. The van der Waals surface area contributed by atoms with E-state index >= 15 is 0 Å². The predicted molar refractivity (Wildman–Crippen MR) is 75.8 cm³/mol. The average molecular weight is 286 g/mol. The fraction of sp³-hybridized carbons (Fsp3) is 0.500. The molecule has 18 heavy (non-hydrogen) atoms. The molecule has 0 fully saturated rings. The van der Waals surface area contributed by atoms with Crippen LogP contribution >= 0.6 is 11.3 Å². The molecule has 0 radical (unpaired) electrons. The molecular weight excluding hydrogens is 268 g/mol. The van der Waals surface area contributed by atoms with Gasteiger partial charge in [-0.05, 0) is 18.6 Å². The number of nitrogens with one attached hydrogen (secondary N) is 1. The molecule has 0 saturated heterocycles. The molecule has 0 bridgehead atoms. The molecule has 0 aromatic carbocycles. The Kier molecular flexibility index (Phi) is 6.36. The molecule has 0 amide bonds. The smallest absolute Gasteiger partial charge is 0.211 e. The molecule has 6 heteroatoms. The summed E-state index contributed by atoms with van der Waals surface area (Å²) in [6.07, 6.45) is 1.56. The van der Waals surface area contributed by atoms with Gasteiger partial charge in [0.2, 0.25) is 10.0 Å². The Morgan fingerprint density at radius 1 is 1.44 bits per heavy atom. The van der Waals surface area contributed by atoms with Gasteiger partial charge < -0.3 is 5.73 Å². The fourth-order valence-electron chi connectivity index (χ4n) is 1.27. The van der Waals surface area contributed by atoms with Gasteiger partial charge in [-0.1, -0.05) is 25.2 Å². The Morgan fingerprint density at radius 2 is 2.22 bits per heavy atom. The van der Waals surface area contributed by atoms with Crippen molar-refractivity contribution in [1.29, 1.82) is 0 Å². The third-order valence-corrected chi connectivity index (χ3v) is 4.62. The Bertz CT molecular complexity index is 524. The molecule has 0 aliphatic carbocycles. The molecule has 100 valence electrons. The van der Waals surface area contributed by atoms with E-state index in [4.69, 9.17) is 5.73 Å². The maximum Gasteiger partial charge on any atom is 0.211 e. The van der Waals surface area contributed by atoms with Crippen LogP contribution in [-0.2, 0) is 16.6 Å². The van der Waals surface area contributed by atoms with E-state index in [-0.39, 0.29) is 5.75 Å². The van der Waals surface area contributed by atoms with Crippen LogP contribution in [0.15, 0.2) is 12.1 Å². The molecular formula is C12H18N2O2S2. The SMILES string of the molecule is CCCCS(=O)(=O)NCc1ccc(C#CCN)s1. The van der Waals surface area contributed by atoms with Crippen LogP contribution in [0.2, 0.25) is 0 Å². The number of sulfonamides is 1. The lowest BCUT2D eigenvalue weighted by molar-refractivity contribution is 0.578. The van der Waals surface area contributed by atoms with Gasteiger partial charge in [0, 0.05) is 11.4 Å². The van der Waals surface area contributed by atoms with Crippen molar-refractivity contribution in [2.45, 2.75) is 26.3 Å². The summed E-state index contributed by atoms with van der Waals surface area (Å²) in [5, 5.41) is 0. The van der Waals surface area contributed by atoms with Crippen LogP contribution in [0.25, 0.3) is 0 Å². The van der Waals surface area contributed by atoms with Gasteiger partial charge in [0.1, 0.15) is 0 Å². The van der Waals surface area contributed by atoms with Crippen molar-refractivity contribution in [3.8, 4) is 11.8 Å². The minimum absolute atomic E-state index is 0.189. The maximum absolute atomic E-state index is 11.6. The van der Waals surface area contributed by atoms with Crippen molar-refractivity contribution in [3.63, 3.8) is 0 Å². The van der Waals surface area contributed by atoms with E-state index < -0.39 is 10.0 Å². The van der Waals surface area contributed by atoms with Gasteiger partial charge in [-0.15, -0.1) is 11.3 Å². The third kappa shape index (κ3) is 5.65. The minimum atomic E-state index is -3.15. The highest BCUT2D eigenvalue weighted by Crippen LogP contribution is 2.15. The van der Waals surface area contributed by atoms with E-state index in [1.165, 1.54) is 11.3 Å². The maximum atomic E-state index is 11.6. The second-order valence-electron chi connectivity index (χ2n) is 3.77. The molecule has 1 rings (SSSR count). The quantitative estimate of drug-likeness (QED) is 0.774. The third-order valence-electron chi connectivity index (χ3n) is 2.21. The minimum Gasteiger partial charge on any atom is -0.320 e. The monoisotopic (exact) mass is 286 g/mol. The first-order chi connectivity index (χ1) is 8.57. The summed E-state index contributed by atoms with van der Waals surface area (Å²) in [6, 6.07) is 3.76. The van der Waals surface area contributed by atoms with Gasteiger partial charge in [-0.3, -0.25) is 0 Å². The van der Waals surface area contributed by atoms with Gasteiger partial charge in [0.15, 0.2) is 0 Å². The van der Waals surface area contributed by atoms with Crippen molar-refractivity contribution in [2.24, 2.45) is 5.73 Å². The first kappa shape index (κ1) is 15.2. The van der Waals surface area contributed by atoms with Crippen molar-refractivity contribution in [2.75, 3.05) is 12.3 Å². The summed E-state index contributed by atoms with van der Waals surface area (Å²) in [7, 11) is -3.15. The van der Waals surface area contributed by atoms with E-state index in [2.05, 4.69) is 16.6 Å². The van der Waals surface area contributed by atoms with E-state index in [0.717, 1.165) is 16.2 Å². The van der Waals surface area contributed by atoms with E-state index in [1.54, 1.807) is 0 Å². The lowest BCUT2D eigenvalue weighted by atomic mass is 10.4. The summed E-state index contributed by atoms with van der Waals surface area (Å²) in [5.74, 6) is 5.88. The van der Waals surface area contributed by atoms with Gasteiger partial charge in [-0.2, -0.15) is 0 Å². The highest BCUT2D eigenvalue weighted by atomic mass is 32.2. The second kappa shape index (κ2) is 7.54. The molecule has 0 spiro atoms. The second-order valence-corrected chi connectivity index (χ2v) is 6.86. The van der Waals surface area contributed by atoms with Gasteiger partial charge in [0.25, 0.3) is 0 Å². The topological polar surface area (TPSA) is 72.2 Å². The van der Waals surface area contributed by atoms with Crippen LogP contribution < -0.4 is 10.5 Å². The number of unbranched alkanes of at least 4 members (excludes halogenated alkanes) is 1. The zero-order chi connectivity index (χ0) is 13.4. The van der Waals surface area contributed by atoms with Crippen LogP contribution in [-0.4, -0.2) is 20.7 Å². The van der Waals surface area contributed by atoms with E-state index in [9.17, 15) is 8.42 Å². The van der Waals surface area contributed by atoms with Crippen molar-refractivity contribution < 1.29 is 8.42 Å². The molecule has 0 unspecified atom stereocenters. The molecule has 1 aromatic heterocycles. The van der Waals surface area contributed by atoms with Crippen LogP contribution in [0.1, 0.15) is 29.5 Å². The number of rotatable bonds is 6. The van der Waals surface area contributed by atoms with Gasteiger partial charge in [-0.25, -0.2) is 13.1 Å². The molecule has 1 aromatic rings. The largest absolute Gasteiger partial charge is 0.320 e. The number of hydrogen-bond acceptors (Lipinski definition) is 4. The zero-order valence-corrected chi connectivity index (χ0v) is 12.0. The van der Waals surface area contributed by atoms with Crippen LogP contribution in [0.5, 0.6) is 0 Å². The number of thiophene rings is 1. The van der Waals surface area contributed by atoms with Crippen molar-refractivity contribution in [3.05, 3.63) is 21.9 Å². The Hall–Kier alpha value is -0.870. The first-order valence-corrected chi connectivity index (χ1v) is 8.29. The summed E-state index contributed by atoms with van der Waals surface area (Å²) in [4.78, 5) is 1.86. The lowest BCUT2D eigenvalue weighted by Crippen LogP contribution is -2.25. The first-order valence-electron chi connectivity index (χ1n) is 5.82. The average Bonchev–Trinajstić information content (AvgIpc) is 2.80. The normalized spacial score (nSPS) is 11.0. The summed E-state index contributed by atoms with van der Waals surface area (Å²) in [6.45, 7) is 2.63. The van der Waals surface area contributed by atoms with Crippen molar-refractivity contribution in [1.82, 2.24) is 4.72 Å². The molecule has 1 heterocycles. The van der Waals surface area contributed by atoms with Crippen LogP contribution in [0.3, 0.4) is 0 Å². The molecule has 0 saturated carbocycles. The molecule has 0 aliphatic heterocycles. The molecule has 3 N–H and O–H groups in total. The predicted octanol–water partition coefficient (Wildman–Crippen LogP) is 1.28. The summed E-state index contributed by atoms with van der Waals surface area (Å²) in [5.41, 5.74) is 5.28. The van der Waals surface area contributed by atoms with Crippen LogP contribution in [0, 0.1) is 11.8 Å². The number of hydrogen-bond donors (Lipinski definition) is 2. The number of nitrogens with two attached hydrogens (primary N) is 1. The van der Waals surface area contributed by atoms with Gasteiger partial charge in [0.05, 0.1) is 17.2 Å². The standard InChI is InChI=1S/C12H18N2O2S2/c1-2-3-9-18(15,16)14-10-12-7-6-11(17-12)5-4-8-13/h6-7,14H,2-3,8-10,13H2,1H3. The zero-order valence-electron chi connectivity index (χ0n) is 10.4. The van der Waals surface area contributed by atoms with Gasteiger partial charge >= 0.3 is 0 Å². The molecule has 0 aliphatic rings. The fourth-order valence-corrected chi connectivity index (χ4v) is 3.37. The highest BCUT2D eigenvalue weighted by molar-refractivity contribution is 7.89. The molecule has 4 nitrogen and oxygen atoms in total. The van der Waals surface area contributed by atoms with E-state index in [0.29, 0.717) is 19.5 Å². The summed E-state index contributed by atoms with van der Waals surface area (Å²) >= 11 is 1.48.